The summed E-state index contributed by atoms with van der Waals surface area (Å²) in [4.78, 5) is 28.2. The molecule has 4 rings (SSSR count). The van der Waals surface area contributed by atoms with Gasteiger partial charge < -0.3 is 19.9 Å². The highest BCUT2D eigenvalue weighted by atomic mass is 32.2. The molecule has 0 fully saturated rings. The first-order valence-electron chi connectivity index (χ1n) is 11.9. The van der Waals surface area contributed by atoms with Crippen molar-refractivity contribution < 1.29 is 32.6 Å². The number of aromatic nitrogens is 4. The van der Waals surface area contributed by atoms with Gasteiger partial charge in [0.2, 0.25) is 10.2 Å². The van der Waals surface area contributed by atoms with E-state index in [1.807, 2.05) is 31.2 Å². The second-order valence-electron chi connectivity index (χ2n) is 8.48. The van der Waals surface area contributed by atoms with E-state index < -0.39 is 27.9 Å². The van der Waals surface area contributed by atoms with Crippen LogP contribution in [0.15, 0.2) is 53.0 Å². The van der Waals surface area contributed by atoms with Gasteiger partial charge in [0, 0.05) is 17.6 Å². The van der Waals surface area contributed by atoms with Gasteiger partial charge >= 0.3 is 5.97 Å². The number of thioether (sulfide) groups is 1. The molecule has 2 heterocycles. The summed E-state index contributed by atoms with van der Waals surface area (Å²) in [6.07, 6.45) is 2.28. The summed E-state index contributed by atoms with van der Waals surface area (Å²) in [7, 11) is -3.92. The van der Waals surface area contributed by atoms with Gasteiger partial charge in [-0.1, -0.05) is 29.4 Å². The molecule has 0 spiro atoms. The van der Waals surface area contributed by atoms with Crippen LogP contribution in [-0.4, -0.2) is 63.8 Å². The zero-order valence-corrected chi connectivity index (χ0v) is 23.7. The Morgan fingerprint density at radius 2 is 2.05 bits per heavy atom. The van der Waals surface area contributed by atoms with E-state index in [1.165, 1.54) is 22.6 Å². The molecule has 16 heteroatoms. The minimum atomic E-state index is -3.92. The average Bonchev–Trinajstić information content (AvgIpc) is 3.53. The average molecular weight is 607 g/mol. The Labute approximate surface area is 237 Å². The zero-order chi connectivity index (χ0) is 28.7. The lowest BCUT2D eigenvalue weighted by atomic mass is 10.2. The van der Waals surface area contributed by atoms with Gasteiger partial charge in [-0.25, -0.2) is 28.0 Å². The number of carboxylic acids is 1. The van der Waals surface area contributed by atoms with Crippen molar-refractivity contribution in [1.82, 2.24) is 25.3 Å². The van der Waals surface area contributed by atoms with Crippen molar-refractivity contribution in [2.75, 3.05) is 12.4 Å². The fraction of sp³-hybridized carbons (Fsp3) is 0.292. The van der Waals surface area contributed by atoms with Crippen molar-refractivity contribution >= 4 is 55.2 Å². The number of ether oxygens (including phenoxy) is 2. The van der Waals surface area contributed by atoms with Crippen LogP contribution in [0.4, 0.5) is 0 Å². The molecule has 2 aromatic heterocycles. The molecule has 0 saturated heterocycles. The normalized spacial score (nSPS) is 12.2. The lowest BCUT2D eigenvalue weighted by molar-refractivity contribution is -0.141. The van der Waals surface area contributed by atoms with Gasteiger partial charge in [-0.2, -0.15) is 11.8 Å². The highest BCUT2D eigenvalue weighted by molar-refractivity contribution is 7.98. The van der Waals surface area contributed by atoms with Gasteiger partial charge in [0.05, 0.1) is 23.0 Å². The van der Waals surface area contributed by atoms with Gasteiger partial charge in [0.1, 0.15) is 24.1 Å². The van der Waals surface area contributed by atoms with Crippen LogP contribution in [0, 0.1) is 0 Å². The molecule has 0 unspecified atom stereocenters. The van der Waals surface area contributed by atoms with E-state index >= 15 is 0 Å². The molecule has 0 aliphatic carbocycles. The maximum atomic E-state index is 12.5. The van der Waals surface area contributed by atoms with Crippen LogP contribution in [0.3, 0.4) is 0 Å². The Morgan fingerprint density at radius 1 is 1.23 bits per heavy atom. The van der Waals surface area contributed by atoms with E-state index in [4.69, 9.17) is 14.6 Å². The molecule has 40 heavy (non-hydrogen) atoms. The van der Waals surface area contributed by atoms with Crippen LogP contribution in [0.2, 0.25) is 0 Å². The summed E-state index contributed by atoms with van der Waals surface area (Å²) in [5.41, 5.74) is 1.44. The van der Waals surface area contributed by atoms with Crippen molar-refractivity contribution in [1.29, 1.82) is 0 Å². The summed E-state index contributed by atoms with van der Waals surface area (Å²) < 4.78 is 35.9. The number of benzene rings is 2. The van der Waals surface area contributed by atoms with Gasteiger partial charge in [-0.3, -0.25) is 4.79 Å². The summed E-state index contributed by atoms with van der Waals surface area (Å²) >= 11 is 2.29. The van der Waals surface area contributed by atoms with E-state index in [0.717, 1.165) is 29.1 Å². The summed E-state index contributed by atoms with van der Waals surface area (Å²) in [6, 6.07) is 11.2. The lowest BCUT2D eigenvalue weighted by Crippen LogP contribution is -2.44. The maximum Gasteiger partial charge on any atom is 0.327 e. The number of nitrogens with one attached hydrogen (secondary N) is 1. The van der Waals surface area contributed by atoms with Gasteiger partial charge in [-0.05, 0) is 36.2 Å². The molecular formula is C24H26N6O7S3. The van der Waals surface area contributed by atoms with E-state index in [1.54, 1.807) is 18.2 Å². The number of sulfonamides is 1. The van der Waals surface area contributed by atoms with Crippen LogP contribution in [-0.2, 0) is 31.9 Å². The Kier molecular flexibility index (Phi) is 9.57. The Hall–Kier alpha value is -3.73. The quantitative estimate of drug-likeness (QED) is 0.191. The molecule has 4 aromatic rings. The molecule has 0 saturated carbocycles. The number of nitrogens with two attached hydrogens (primary N) is 1. The van der Waals surface area contributed by atoms with Crippen molar-refractivity contribution in [3.8, 4) is 17.4 Å². The first kappa shape index (κ1) is 29.3. The minimum absolute atomic E-state index is 0.0822. The molecule has 0 bridgehead atoms. The molecule has 4 N–H and O–H groups in total. The molecule has 1 atom stereocenters. The van der Waals surface area contributed by atoms with Crippen LogP contribution in [0.1, 0.15) is 18.9 Å². The van der Waals surface area contributed by atoms with Crippen molar-refractivity contribution in [2.45, 2.75) is 36.0 Å². The smallest absolute Gasteiger partial charge is 0.327 e. The number of nitrogens with zero attached hydrogens (tertiary/aromatic N) is 4. The second kappa shape index (κ2) is 13.1. The number of primary sulfonamides is 1. The third-order valence-corrected chi connectivity index (χ3v) is 8.63. The molecule has 0 aliphatic rings. The minimum Gasteiger partial charge on any atom is -0.494 e. The van der Waals surface area contributed by atoms with E-state index in [9.17, 15) is 23.1 Å². The number of amides is 1. The summed E-state index contributed by atoms with van der Waals surface area (Å²) in [5.74, 6) is 0.217. The number of thiazole rings is 1. The van der Waals surface area contributed by atoms with E-state index in [0.29, 0.717) is 28.3 Å². The number of hydrogen-bond donors (Lipinski definition) is 3. The van der Waals surface area contributed by atoms with Gasteiger partial charge in [0.15, 0.2) is 0 Å². The molecule has 1 amide bonds. The third kappa shape index (κ3) is 8.14. The molecule has 0 aliphatic heterocycles. The summed E-state index contributed by atoms with van der Waals surface area (Å²) in [5, 5.41) is 24.9. The highest BCUT2D eigenvalue weighted by Crippen LogP contribution is 2.30. The predicted molar refractivity (Wildman–Crippen MR) is 149 cm³/mol. The standard InChI is InChI=1S/C24H26N6O7S3/c1-2-8-36-16-5-3-4-15(9-16)13-38-14-19(23(32)33)26-21(31)11-30-12-22(28-29-30)37-17-6-7-18-20(10-17)39-24(27-18)40(25,34)35/h3-7,9-10,12,19H,2,8,11,13-14H2,1H3,(H,26,31)(H,32,33)(H2,25,34,35)/t19-/m0/s1. The number of carbonyl (C=O) groups is 2. The number of carbonyl (C=O) groups excluding carboxylic acids is 1. The number of aliphatic carboxylic acids is 1. The van der Waals surface area contributed by atoms with Crippen LogP contribution in [0.25, 0.3) is 10.2 Å². The van der Waals surface area contributed by atoms with Crippen molar-refractivity contribution in [3.63, 3.8) is 0 Å². The predicted octanol–water partition coefficient (Wildman–Crippen LogP) is 2.62. The molecule has 0 radical (unpaired) electrons. The van der Waals surface area contributed by atoms with Crippen molar-refractivity contribution in [2.24, 2.45) is 5.14 Å². The van der Waals surface area contributed by atoms with E-state index in [-0.39, 0.29) is 22.5 Å². The first-order valence-corrected chi connectivity index (χ1v) is 15.5. The number of rotatable bonds is 14. The molecule has 212 valence electrons. The monoisotopic (exact) mass is 606 g/mol. The number of hydrogen-bond acceptors (Lipinski definition) is 11. The number of carboxylic acid groups (broad SMARTS) is 1. The lowest BCUT2D eigenvalue weighted by Gasteiger charge is -2.14. The largest absolute Gasteiger partial charge is 0.494 e. The zero-order valence-electron chi connectivity index (χ0n) is 21.2. The second-order valence-corrected chi connectivity index (χ2v) is 12.3. The van der Waals surface area contributed by atoms with Crippen molar-refractivity contribution in [3.05, 3.63) is 54.2 Å². The number of fused-ring (bicyclic) bond motifs is 1. The highest BCUT2D eigenvalue weighted by Gasteiger charge is 2.21. The first-order chi connectivity index (χ1) is 19.1. The van der Waals surface area contributed by atoms with Crippen LogP contribution >= 0.6 is 23.1 Å². The fourth-order valence-corrected chi connectivity index (χ4v) is 6.08. The Bertz CT molecular complexity index is 1610. The third-order valence-electron chi connectivity index (χ3n) is 5.19. The maximum absolute atomic E-state index is 12.5. The fourth-order valence-electron chi connectivity index (χ4n) is 3.40. The topological polar surface area (TPSA) is 189 Å². The molecule has 2 aromatic carbocycles. The van der Waals surface area contributed by atoms with E-state index in [2.05, 4.69) is 20.6 Å². The molecular weight excluding hydrogens is 581 g/mol. The van der Waals surface area contributed by atoms with Crippen LogP contribution < -0.4 is 19.9 Å². The van der Waals surface area contributed by atoms with Crippen LogP contribution in [0.5, 0.6) is 17.4 Å². The van der Waals surface area contributed by atoms with Gasteiger partial charge in [-0.15, -0.1) is 11.3 Å². The Balaban J connectivity index is 1.29. The Morgan fingerprint density at radius 3 is 2.80 bits per heavy atom. The summed E-state index contributed by atoms with van der Waals surface area (Å²) in [6.45, 7) is 2.38. The SMILES string of the molecule is CCCOc1cccc(CSC[C@H](NC(=O)Cn2cc(Oc3ccc4nc(S(N)(=O)=O)sc4c3)nn2)C(=O)O)c1. The molecule has 13 nitrogen and oxygen atoms in total. The van der Waals surface area contributed by atoms with Gasteiger partial charge in [0.25, 0.3) is 15.9 Å².